The molecule has 1 N–H and O–H groups in total. The van der Waals surface area contributed by atoms with E-state index in [-0.39, 0.29) is 31.1 Å². The van der Waals surface area contributed by atoms with Gasteiger partial charge < -0.3 is 24.6 Å². The molecule has 0 unspecified atom stereocenters. The van der Waals surface area contributed by atoms with Crippen LogP contribution in [0.5, 0.6) is 0 Å². The van der Waals surface area contributed by atoms with Gasteiger partial charge in [0.25, 0.3) is 5.91 Å². The number of rotatable bonds is 2. The SMILES string of the molecule is CC(C)NC(=O)N1CCOC[C@]2(C1)CN(c1cncnc1)C(=O)CO2. The zero-order chi connectivity index (χ0) is 17.9. The van der Waals surface area contributed by atoms with Crippen LogP contribution in [-0.4, -0.2) is 77.9 Å². The average molecular weight is 349 g/mol. The molecule has 1 spiro atoms. The van der Waals surface area contributed by atoms with Gasteiger partial charge >= 0.3 is 6.03 Å². The van der Waals surface area contributed by atoms with Gasteiger partial charge in [0.1, 0.15) is 18.5 Å². The minimum atomic E-state index is -0.769. The van der Waals surface area contributed by atoms with Gasteiger partial charge in [-0.3, -0.25) is 4.79 Å². The lowest BCUT2D eigenvalue weighted by Gasteiger charge is -2.42. The molecule has 3 heterocycles. The maximum atomic E-state index is 12.4. The monoisotopic (exact) mass is 349 g/mol. The van der Waals surface area contributed by atoms with Crippen molar-refractivity contribution in [3.05, 3.63) is 18.7 Å². The van der Waals surface area contributed by atoms with Crippen molar-refractivity contribution >= 4 is 17.6 Å². The molecule has 0 aliphatic carbocycles. The van der Waals surface area contributed by atoms with Gasteiger partial charge in [0.2, 0.25) is 0 Å². The number of aromatic nitrogens is 2. The highest BCUT2D eigenvalue weighted by atomic mass is 16.6. The Morgan fingerprint density at radius 1 is 1.32 bits per heavy atom. The number of ether oxygens (including phenoxy) is 2. The number of morpholine rings is 1. The van der Waals surface area contributed by atoms with E-state index in [0.717, 1.165) is 0 Å². The molecule has 0 saturated carbocycles. The van der Waals surface area contributed by atoms with Crippen LogP contribution in [-0.2, 0) is 14.3 Å². The number of urea groups is 1. The molecule has 9 nitrogen and oxygen atoms in total. The predicted octanol–water partition coefficient (Wildman–Crippen LogP) is 0.0288. The summed E-state index contributed by atoms with van der Waals surface area (Å²) in [5.74, 6) is -0.164. The Hall–Kier alpha value is -2.26. The lowest BCUT2D eigenvalue weighted by atomic mass is 10.0. The number of carbonyl (C=O) groups excluding carboxylic acids is 2. The van der Waals surface area contributed by atoms with Gasteiger partial charge in [-0.15, -0.1) is 0 Å². The third-order valence-electron chi connectivity index (χ3n) is 4.16. The summed E-state index contributed by atoms with van der Waals surface area (Å²) in [6.07, 6.45) is 4.59. The second-order valence-electron chi connectivity index (χ2n) is 6.63. The van der Waals surface area contributed by atoms with Crippen LogP contribution in [0, 0.1) is 0 Å². The third kappa shape index (κ3) is 4.05. The van der Waals surface area contributed by atoms with Crippen molar-refractivity contribution < 1.29 is 19.1 Å². The van der Waals surface area contributed by atoms with Gasteiger partial charge in [-0.05, 0) is 13.8 Å². The van der Waals surface area contributed by atoms with E-state index >= 15 is 0 Å². The number of carbonyl (C=O) groups is 2. The van der Waals surface area contributed by atoms with Crippen LogP contribution in [0.1, 0.15) is 13.8 Å². The minimum Gasteiger partial charge on any atom is -0.376 e. The van der Waals surface area contributed by atoms with Crippen LogP contribution in [0.2, 0.25) is 0 Å². The molecule has 1 aromatic rings. The maximum Gasteiger partial charge on any atom is 0.317 e. The number of nitrogens with zero attached hydrogens (tertiary/aromatic N) is 4. The molecular weight excluding hydrogens is 326 g/mol. The fourth-order valence-corrected chi connectivity index (χ4v) is 2.98. The fraction of sp³-hybridized carbons (Fsp3) is 0.625. The molecule has 2 aliphatic rings. The molecule has 25 heavy (non-hydrogen) atoms. The van der Waals surface area contributed by atoms with E-state index in [1.54, 1.807) is 22.2 Å². The largest absolute Gasteiger partial charge is 0.376 e. The first kappa shape index (κ1) is 17.6. The Morgan fingerprint density at radius 3 is 2.80 bits per heavy atom. The van der Waals surface area contributed by atoms with Crippen LogP contribution in [0.15, 0.2) is 18.7 Å². The second kappa shape index (κ2) is 7.32. The Morgan fingerprint density at radius 2 is 2.08 bits per heavy atom. The zero-order valence-electron chi connectivity index (χ0n) is 14.5. The lowest BCUT2D eigenvalue weighted by molar-refractivity contribution is -0.145. The van der Waals surface area contributed by atoms with Gasteiger partial charge in [-0.25, -0.2) is 14.8 Å². The molecule has 1 aromatic heterocycles. The molecule has 136 valence electrons. The third-order valence-corrected chi connectivity index (χ3v) is 4.16. The quantitative estimate of drug-likeness (QED) is 0.809. The number of hydrogen-bond donors (Lipinski definition) is 1. The highest BCUT2D eigenvalue weighted by Gasteiger charge is 2.44. The summed E-state index contributed by atoms with van der Waals surface area (Å²) in [7, 11) is 0. The fourth-order valence-electron chi connectivity index (χ4n) is 2.98. The maximum absolute atomic E-state index is 12.4. The standard InChI is InChI=1S/C16H23N5O4/c1-12(2)19-15(23)20-3-4-24-10-16(8-20)9-21(14(22)7-25-16)13-5-17-11-18-6-13/h5-6,11-12H,3-4,7-10H2,1-2H3,(H,19,23)/t16-/m0/s1. The minimum absolute atomic E-state index is 0.0411. The predicted molar refractivity (Wildman–Crippen MR) is 89.1 cm³/mol. The van der Waals surface area contributed by atoms with Gasteiger partial charge in [0.15, 0.2) is 0 Å². The summed E-state index contributed by atoms with van der Waals surface area (Å²) in [4.78, 5) is 35.9. The Balaban J connectivity index is 1.79. The highest BCUT2D eigenvalue weighted by molar-refractivity contribution is 5.94. The molecule has 3 amide bonds. The van der Waals surface area contributed by atoms with Crippen molar-refractivity contribution in [2.75, 3.05) is 44.4 Å². The number of hydrogen-bond acceptors (Lipinski definition) is 6. The number of amides is 3. The van der Waals surface area contributed by atoms with Gasteiger partial charge in [-0.1, -0.05) is 0 Å². The first-order chi connectivity index (χ1) is 12.0. The van der Waals surface area contributed by atoms with E-state index in [9.17, 15) is 9.59 Å². The summed E-state index contributed by atoms with van der Waals surface area (Å²) in [6.45, 7) is 5.61. The summed E-state index contributed by atoms with van der Waals surface area (Å²) in [6, 6.07) is -0.116. The first-order valence-corrected chi connectivity index (χ1v) is 8.32. The van der Waals surface area contributed by atoms with Gasteiger partial charge in [0.05, 0.1) is 44.4 Å². The molecule has 0 radical (unpaired) electrons. The molecule has 2 saturated heterocycles. The van der Waals surface area contributed by atoms with Crippen molar-refractivity contribution in [3.8, 4) is 0 Å². The van der Waals surface area contributed by atoms with E-state index in [0.29, 0.717) is 32.0 Å². The Labute approximate surface area is 146 Å². The Bertz CT molecular complexity index is 626. The second-order valence-corrected chi connectivity index (χ2v) is 6.63. The van der Waals surface area contributed by atoms with E-state index in [4.69, 9.17) is 9.47 Å². The Kier molecular flexibility index (Phi) is 5.14. The van der Waals surface area contributed by atoms with E-state index < -0.39 is 5.60 Å². The van der Waals surface area contributed by atoms with Crippen LogP contribution in [0.4, 0.5) is 10.5 Å². The van der Waals surface area contributed by atoms with Crippen molar-refractivity contribution in [2.45, 2.75) is 25.5 Å². The lowest BCUT2D eigenvalue weighted by Crippen LogP contribution is -2.62. The molecule has 2 fully saturated rings. The molecule has 1 atom stereocenters. The highest BCUT2D eigenvalue weighted by Crippen LogP contribution is 2.26. The molecule has 9 heteroatoms. The first-order valence-electron chi connectivity index (χ1n) is 8.32. The number of anilines is 1. The van der Waals surface area contributed by atoms with Gasteiger partial charge in [-0.2, -0.15) is 0 Å². The van der Waals surface area contributed by atoms with Crippen molar-refractivity contribution in [3.63, 3.8) is 0 Å². The topological polar surface area (TPSA) is 96.9 Å². The zero-order valence-corrected chi connectivity index (χ0v) is 14.5. The smallest absolute Gasteiger partial charge is 0.317 e. The summed E-state index contributed by atoms with van der Waals surface area (Å²) < 4.78 is 11.5. The van der Waals surface area contributed by atoms with E-state index in [2.05, 4.69) is 15.3 Å². The van der Waals surface area contributed by atoms with Crippen LogP contribution in [0.25, 0.3) is 0 Å². The summed E-state index contributed by atoms with van der Waals surface area (Å²) in [5.41, 5.74) is -0.160. The van der Waals surface area contributed by atoms with Crippen LogP contribution >= 0.6 is 0 Å². The molecule has 0 aromatic carbocycles. The molecule has 2 aliphatic heterocycles. The summed E-state index contributed by atoms with van der Waals surface area (Å²) in [5, 5.41) is 2.89. The molecule has 0 bridgehead atoms. The van der Waals surface area contributed by atoms with E-state index in [1.807, 2.05) is 13.8 Å². The van der Waals surface area contributed by atoms with Crippen molar-refractivity contribution in [2.24, 2.45) is 0 Å². The van der Waals surface area contributed by atoms with E-state index in [1.165, 1.54) is 6.33 Å². The van der Waals surface area contributed by atoms with Crippen molar-refractivity contribution in [1.29, 1.82) is 0 Å². The summed E-state index contributed by atoms with van der Waals surface area (Å²) >= 11 is 0. The molecular formula is C16H23N5O4. The van der Waals surface area contributed by atoms with Crippen LogP contribution in [0.3, 0.4) is 0 Å². The molecule has 3 rings (SSSR count). The normalized spacial score (nSPS) is 24.5. The average Bonchev–Trinajstić information content (AvgIpc) is 2.80. The van der Waals surface area contributed by atoms with Crippen molar-refractivity contribution in [1.82, 2.24) is 20.2 Å². The van der Waals surface area contributed by atoms with Gasteiger partial charge in [0, 0.05) is 12.6 Å². The number of nitrogens with one attached hydrogen (secondary N) is 1. The van der Waals surface area contributed by atoms with Crippen LogP contribution < -0.4 is 10.2 Å².